The highest BCUT2D eigenvalue weighted by molar-refractivity contribution is 5.22. The van der Waals surface area contributed by atoms with Crippen molar-refractivity contribution in [1.29, 1.82) is 0 Å². The van der Waals surface area contributed by atoms with E-state index in [1.165, 1.54) is 12.1 Å². The molecule has 0 fully saturated rings. The van der Waals surface area contributed by atoms with Crippen LogP contribution in [0, 0.1) is 12.2 Å². The van der Waals surface area contributed by atoms with Gasteiger partial charge in [-0.1, -0.05) is 19.1 Å². The average molecular weight is 137 g/mol. The van der Waals surface area contributed by atoms with Crippen molar-refractivity contribution in [3.8, 4) is 0 Å². The minimum Gasteiger partial charge on any atom is -0.207 e. The summed E-state index contributed by atoms with van der Waals surface area (Å²) in [6, 6.07) is 6.60. The maximum atomic E-state index is 12.5. The van der Waals surface area contributed by atoms with E-state index in [9.17, 15) is 4.39 Å². The standard InChI is InChI=1S/C9H10F/c1-2-4-8-5-3-6-9(10)7-8/h3-7H,2H2,1H3. The minimum atomic E-state index is -0.165. The van der Waals surface area contributed by atoms with Gasteiger partial charge in [0, 0.05) is 0 Å². The molecule has 0 spiro atoms. The molecule has 0 nitrogen and oxygen atoms in total. The fraction of sp³-hybridized carbons (Fsp3) is 0.222. The zero-order valence-electron chi connectivity index (χ0n) is 5.97. The summed E-state index contributed by atoms with van der Waals surface area (Å²) in [6.45, 7) is 2.03. The van der Waals surface area contributed by atoms with E-state index >= 15 is 0 Å². The summed E-state index contributed by atoms with van der Waals surface area (Å²) in [5.74, 6) is -0.165. The Labute approximate surface area is 60.7 Å². The lowest BCUT2D eigenvalue weighted by molar-refractivity contribution is 0.626. The molecule has 0 bridgehead atoms. The second-order valence-corrected chi connectivity index (χ2v) is 2.17. The molecule has 1 rings (SSSR count). The average Bonchev–Trinajstić information content (AvgIpc) is 1.88. The molecule has 0 amide bonds. The van der Waals surface area contributed by atoms with Gasteiger partial charge < -0.3 is 0 Å². The lowest BCUT2D eigenvalue weighted by Crippen LogP contribution is -1.80. The van der Waals surface area contributed by atoms with Gasteiger partial charge >= 0.3 is 0 Å². The SMILES string of the molecule is CC[CH]c1cccc(F)c1. The Kier molecular flexibility index (Phi) is 2.43. The van der Waals surface area contributed by atoms with Crippen LogP contribution in [-0.4, -0.2) is 0 Å². The third kappa shape index (κ3) is 1.83. The fourth-order valence-electron chi connectivity index (χ4n) is 0.869. The zero-order valence-corrected chi connectivity index (χ0v) is 5.97. The summed E-state index contributed by atoms with van der Waals surface area (Å²) in [5.41, 5.74) is 0.961. The van der Waals surface area contributed by atoms with Crippen LogP contribution in [0.25, 0.3) is 0 Å². The normalized spacial score (nSPS) is 9.80. The van der Waals surface area contributed by atoms with Crippen molar-refractivity contribution in [2.45, 2.75) is 13.3 Å². The van der Waals surface area contributed by atoms with Gasteiger partial charge in [-0.2, -0.15) is 0 Å². The lowest BCUT2D eigenvalue weighted by Gasteiger charge is -1.95. The number of hydrogen-bond donors (Lipinski definition) is 0. The smallest absolute Gasteiger partial charge is 0.123 e. The number of hydrogen-bond acceptors (Lipinski definition) is 0. The Morgan fingerprint density at radius 3 is 2.90 bits per heavy atom. The molecule has 0 N–H and O–H groups in total. The summed E-state index contributed by atoms with van der Waals surface area (Å²) >= 11 is 0. The van der Waals surface area contributed by atoms with Gasteiger partial charge in [0.05, 0.1) is 0 Å². The van der Waals surface area contributed by atoms with E-state index in [1.54, 1.807) is 6.07 Å². The van der Waals surface area contributed by atoms with Gasteiger partial charge in [0.2, 0.25) is 0 Å². The summed E-state index contributed by atoms with van der Waals surface area (Å²) in [6.07, 6.45) is 2.94. The van der Waals surface area contributed by atoms with Crippen molar-refractivity contribution >= 4 is 0 Å². The van der Waals surface area contributed by atoms with E-state index in [0.29, 0.717) is 0 Å². The Morgan fingerprint density at radius 1 is 1.50 bits per heavy atom. The summed E-state index contributed by atoms with van der Waals surface area (Å²) in [7, 11) is 0. The monoisotopic (exact) mass is 137 g/mol. The molecule has 1 aromatic carbocycles. The fourth-order valence-corrected chi connectivity index (χ4v) is 0.869. The van der Waals surface area contributed by atoms with E-state index < -0.39 is 0 Å². The Hall–Kier alpha value is -0.850. The first-order valence-corrected chi connectivity index (χ1v) is 3.41. The molecular weight excluding hydrogens is 127 g/mol. The molecule has 53 valence electrons. The van der Waals surface area contributed by atoms with Crippen molar-refractivity contribution in [3.05, 3.63) is 42.1 Å². The molecule has 0 aliphatic rings. The molecule has 1 aromatic rings. The van der Waals surface area contributed by atoms with Gasteiger partial charge in [-0.25, -0.2) is 4.39 Å². The van der Waals surface area contributed by atoms with Crippen molar-refractivity contribution in [2.75, 3.05) is 0 Å². The number of halogens is 1. The van der Waals surface area contributed by atoms with E-state index in [2.05, 4.69) is 0 Å². The van der Waals surface area contributed by atoms with Crippen LogP contribution in [-0.2, 0) is 0 Å². The summed E-state index contributed by atoms with van der Waals surface area (Å²) in [5, 5.41) is 0. The van der Waals surface area contributed by atoms with Crippen LogP contribution in [0.5, 0.6) is 0 Å². The van der Waals surface area contributed by atoms with Gasteiger partial charge in [0.25, 0.3) is 0 Å². The molecule has 0 heterocycles. The van der Waals surface area contributed by atoms with Crippen LogP contribution in [0.1, 0.15) is 18.9 Å². The molecular formula is C9H10F. The topological polar surface area (TPSA) is 0 Å². The lowest BCUT2D eigenvalue weighted by atomic mass is 10.1. The van der Waals surface area contributed by atoms with Gasteiger partial charge in [0.1, 0.15) is 5.82 Å². The molecule has 1 radical (unpaired) electrons. The predicted molar refractivity (Wildman–Crippen MR) is 40.1 cm³/mol. The number of benzene rings is 1. The highest BCUT2D eigenvalue weighted by Gasteiger charge is 1.91. The molecule has 0 unspecified atom stereocenters. The molecule has 0 saturated carbocycles. The van der Waals surface area contributed by atoms with Gasteiger partial charge in [0.15, 0.2) is 0 Å². The van der Waals surface area contributed by atoms with E-state index in [1.807, 2.05) is 19.4 Å². The first-order chi connectivity index (χ1) is 4.83. The Morgan fingerprint density at radius 2 is 2.30 bits per heavy atom. The van der Waals surface area contributed by atoms with Gasteiger partial charge in [-0.3, -0.25) is 0 Å². The highest BCUT2D eigenvalue weighted by atomic mass is 19.1. The van der Waals surface area contributed by atoms with Crippen molar-refractivity contribution in [1.82, 2.24) is 0 Å². The first-order valence-electron chi connectivity index (χ1n) is 3.41. The highest BCUT2D eigenvalue weighted by Crippen LogP contribution is 2.06. The number of rotatable bonds is 2. The minimum absolute atomic E-state index is 0.165. The van der Waals surface area contributed by atoms with Crippen molar-refractivity contribution in [3.63, 3.8) is 0 Å². The largest absolute Gasteiger partial charge is 0.207 e. The Bertz CT molecular complexity index is 206. The summed E-state index contributed by atoms with van der Waals surface area (Å²) in [4.78, 5) is 0. The van der Waals surface area contributed by atoms with Crippen LogP contribution in [0.15, 0.2) is 24.3 Å². The van der Waals surface area contributed by atoms with Crippen LogP contribution >= 0.6 is 0 Å². The molecule has 0 aliphatic heterocycles. The third-order valence-corrected chi connectivity index (χ3v) is 1.29. The second kappa shape index (κ2) is 3.35. The maximum Gasteiger partial charge on any atom is 0.123 e. The molecule has 0 saturated heterocycles. The first kappa shape index (κ1) is 7.26. The maximum absolute atomic E-state index is 12.5. The van der Waals surface area contributed by atoms with Crippen LogP contribution in [0.4, 0.5) is 4.39 Å². The summed E-state index contributed by atoms with van der Waals surface area (Å²) < 4.78 is 12.5. The zero-order chi connectivity index (χ0) is 7.40. The Balaban J connectivity index is 2.75. The molecule has 0 aromatic heterocycles. The third-order valence-electron chi connectivity index (χ3n) is 1.29. The van der Waals surface area contributed by atoms with Crippen molar-refractivity contribution < 1.29 is 4.39 Å². The van der Waals surface area contributed by atoms with Crippen LogP contribution < -0.4 is 0 Å². The predicted octanol–water partition coefficient (Wildman–Crippen LogP) is 2.79. The van der Waals surface area contributed by atoms with Gasteiger partial charge in [-0.15, -0.1) is 0 Å². The van der Waals surface area contributed by atoms with Crippen LogP contribution in [0.3, 0.4) is 0 Å². The van der Waals surface area contributed by atoms with Gasteiger partial charge in [-0.05, 0) is 30.5 Å². The van der Waals surface area contributed by atoms with Crippen LogP contribution in [0.2, 0.25) is 0 Å². The molecule has 0 aliphatic carbocycles. The van der Waals surface area contributed by atoms with Crippen molar-refractivity contribution in [2.24, 2.45) is 0 Å². The molecule has 10 heavy (non-hydrogen) atoms. The van der Waals surface area contributed by atoms with E-state index in [4.69, 9.17) is 0 Å². The molecule has 0 atom stereocenters. The van der Waals surface area contributed by atoms with E-state index in [-0.39, 0.29) is 5.82 Å². The van der Waals surface area contributed by atoms with E-state index in [0.717, 1.165) is 12.0 Å². The molecule has 1 heteroatoms. The quantitative estimate of drug-likeness (QED) is 0.588. The second-order valence-electron chi connectivity index (χ2n) is 2.17.